The Labute approximate surface area is 152 Å². The molecule has 2 aromatic rings. The minimum atomic E-state index is -0.689. The van der Waals surface area contributed by atoms with Crippen LogP contribution in [0.2, 0.25) is 0 Å². The molecule has 0 aliphatic heterocycles. The molecule has 0 bridgehead atoms. The van der Waals surface area contributed by atoms with Crippen molar-refractivity contribution in [3.05, 3.63) is 36.0 Å². The third kappa shape index (κ3) is 5.61. The monoisotopic (exact) mass is 358 g/mol. The fourth-order valence-electron chi connectivity index (χ4n) is 2.75. The fourth-order valence-corrected chi connectivity index (χ4v) is 2.75. The molecule has 2 rings (SSSR count). The van der Waals surface area contributed by atoms with Crippen LogP contribution in [0.15, 0.2) is 30.5 Å². The van der Waals surface area contributed by atoms with Gasteiger partial charge in [-0.2, -0.15) is 0 Å². The SMILES string of the molecule is CCCNC(=O)CCNC(=O)C(Cc1c[nH]c2ccccc12)NC(C)=O. The molecule has 1 aromatic heterocycles. The molecular formula is C19H26N4O3. The number of carbonyl (C=O) groups is 3. The van der Waals surface area contributed by atoms with E-state index in [0.29, 0.717) is 13.0 Å². The second kappa shape index (κ2) is 9.60. The molecule has 0 fully saturated rings. The van der Waals surface area contributed by atoms with E-state index in [0.717, 1.165) is 22.9 Å². The summed E-state index contributed by atoms with van der Waals surface area (Å²) < 4.78 is 0. The standard InChI is InChI=1S/C19H26N4O3/c1-3-9-20-18(25)8-10-21-19(26)17(23-13(2)24)11-14-12-22-16-7-5-4-6-15(14)16/h4-7,12,17,22H,3,8-11H2,1-2H3,(H,20,25)(H,21,26)(H,23,24). The number of para-hydroxylation sites is 1. The molecule has 0 saturated heterocycles. The second-order valence-electron chi connectivity index (χ2n) is 6.21. The van der Waals surface area contributed by atoms with Gasteiger partial charge in [-0.25, -0.2) is 0 Å². The van der Waals surface area contributed by atoms with E-state index in [4.69, 9.17) is 0 Å². The van der Waals surface area contributed by atoms with Crippen molar-refractivity contribution in [3.63, 3.8) is 0 Å². The van der Waals surface area contributed by atoms with Gasteiger partial charge in [-0.15, -0.1) is 0 Å². The highest BCUT2D eigenvalue weighted by molar-refractivity contribution is 5.89. The van der Waals surface area contributed by atoms with Gasteiger partial charge in [-0.1, -0.05) is 25.1 Å². The highest BCUT2D eigenvalue weighted by atomic mass is 16.2. The van der Waals surface area contributed by atoms with E-state index in [9.17, 15) is 14.4 Å². The molecule has 4 N–H and O–H groups in total. The summed E-state index contributed by atoms with van der Waals surface area (Å²) in [6, 6.07) is 7.11. The summed E-state index contributed by atoms with van der Waals surface area (Å²) in [7, 11) is 0. The van der Waals surface area contributed by atoms with Crippen molar-refractivity contribution in [1.29, 1.82) is 0 Å². The number of hydrogen-bond donors (Lipinski definition) is 4. The van der Waals surface area contributed by atoms with Gasteiger partial charge in [0.2, 0.25) is 17.7 Å². The lowest BCUT2D eigenvalue weighted by Gasteiger charge is -2.17. The Morgan fingerprint density at radius 1 is 1.12 bits per heavy atom. The first-order chi connectivity index (χ1) is 12.5. The van der Waals surface area contributed by atoms with Gasteiger partial charge in [0.15, 0.2) is 0 Å². The third-order valence-electron chi connectivity index (χ3n) is 4.02. The van der Waals surface area contributed by atoms with Crippen LogP contribution in [-0.2, 0) is 20.8 Å². The molecule has 1 aromatic carbocycles. The van der Waals surface area contributed by atoms with Crippen molar-refractivity contribution in [2.75, 3.05) is 13.1 Å². The quantitative estimate of drug-likeness (QED) is 0.542. The number of amides is 3. The summed E-state index contributed by atoms with van der Waals surface area (Å²) in [5.74, 6) is -0.667. The van der Waals surface area contributed by atoms with Crippen LogP contribution in [0.1, 0.15) is 32.3 Å². The van der Waals surface area contributed by atoms with Gasteiger partial charge in [-0.05, 0) is 18.1 Å². The Hall–Kier alpha value is -2.83. The van der Waals surface area contributed by atoms with Gasteiger partial charge >= 0.3 is 0 Å². The van der Waals surface area contributed by atoms with Crippen LogP contribution in [0, 0.1) is 0 Å². The molecule has 1 unspecified atom stereocenters. The van der Waals surface area contributed by atoms with Gasteiger partial charge < -0.3 is 20.9 Å². The first-order valence-corrected chi connectivity index (χ1v) is 8.87. The van der Waals surface area contributed by atoms with Crippen molar-refractivity contribution >= 4 is 28.6 Å². The minimum Gasteiger partial charge on any atom is -0.361 e. The zero-order valence-electron chi connectivity index (χ0n) is 15.2. The molecule has 140 valence electrons. The van der Waals surface area contributed by atoms with Gasteiger partial charge in [0.25, 0.3) is 0 Å². The van der Waals surface area contributed by atoms with E-state index in [1.165, 1.54) is 6.92 Å². The van der Waals surface area contributed by atoms with Gasteiger partial charge in [0.1, 0.15) is 6.04 Å². The topological polar surface area (TPSA) is 103 Å². The number of fused-ring (bicyclic) bond motifs is 1. The van der Waals surface area contributed by atoms with E-state index in [2.05, 4.69) is 20.9 Å². The summed E-state index contributed by atoms with van der Waals surface area (Å²) in [6.07, 6.45) is 3.31. The van der Waals surface area contributed by atoms with E-state index in [1.54, 1.807) is 0 Å². The Morgan fingerprint density at radius 2 is 1.88 bits per heavy atom. The minimum absolute atomic E-state index is 0.0974. The number of carbonyl (C=O) groups excluding carboxylic acids is 3. The van der Waals surface area contributed by atoms with Crippen LogP contribution in [0.25, 0.3) is 10.9 Å². The van der Waals surface area contributed by atoms with Crippen LogP contribution in [-0.4, -0.2) is 41.8 Å². The Kier molecular flexibility index (Phi) is 7.20. The Bertz CT molecular complexity index is 769. The van der Waals surface area contributed by atoms with E-state index >= 15 is 0 Å². The van der Waals surface area contributed by atoms with Gasteiger partial charge in [-0.3, -0.25) is 14.4 Å². The first-order valence-electron chi connectivity index (χ1n) is 8.87. The van der Waals surface area contributed by atoms with Crippen molar-refractivity contribution in [1.82, 2.24) is 20.9 Å². The number of aromatic amines is 1. The zero-order chi connectivity index (χ0) is 18.9. The highest BCUT2D eigenvalue weighted by Crippen LogP contribution is 2.19. The highest BCUT2D eigenvalue weighted by Gasteiger charge is 2.21. The maximum atomic E-state index is 12.5. The predicted octanol–water partition coefficient (Wildman–Crippen LogP) is 1.25. The van der Waals surface area contributed by atoms with Crippen LogP contribution < -0.4 is 16.0 Å². The van der Waals surface area contributed by atoms with Crippen molar-refractivity contribution in [2.45, 2.75) is 39.2 Å². The number of H-pyrrole nitrogens is 1. The molecule has 7 heteroatoms. The number of aromatic nitrogens is 1. The van der Waals surface area contributed by atoms with E-state index < -0.39 is 6.04 Å². The van der Waals surface area contributed by atoms with Crippen LogP contribution in [0.5, 0.6) is 0 Å². The zero-order valence-corrected chi connectivity index (χ0v) is 15.2. The van der Waals surface area contributed by atoms with E-state index in [1.807, 2.05) is 37.4 Å². The van der Waals surface area contributed by atoms with E-state index in [-0.39, 0.29) is 30.7 Å². The molecule has 7 nitrogen and oxygen atoms in total. The fraction of sp³-hybridized carbons (Fsp3) is 0.421. The Morgan fingerprint density at radius 3 is 2.62 bits per heavy atom. The predicted molar refractivity (Wildman–Crippen MR) is 101 cm³/mol. The van der Waals surface area contributed by atoms with Crippen LogP contribution in [0.4, 0.5) is 0 Å². The molecule has 0 saturated carbocycles. The normalized spacial score (nSPS) is 11.8. The largest absolute Gasteiger partial charge is 0.361 e. The summed E-state index contributed by atoms with van der Waals surface area (Å²) in [6.45, 7) is 4.22. The Balaban J connectivity index is 1.96. The number of nitrogens with one attached hydrogen (secondary N) is 4. The average molecular weight is 358 g/mol. The molecule has 0 spiro atoms. The number of hydrogen-bond acceptors (Lipinski definition) is 3. The maximum Gasteiger partial charge on any atom is 0.242 e. The summed E-state index contributed by atoms with van der Waals surface area (Å²) >= 11 is 0. The van der Waals surface area contributed by atoms with Gasteiger partial charge in [0, 0.05) is 50.0 Å². The summed E-state index contributed by atoms with van der Waals surface area (Å²) in [5, 5.41) is 9.20. The molecule has 3 amide bonds. The molecule has 26 heavy (non-hydrogen) atoms. The van der Waals surface area contributed by atoms with Crippen LogP contribution >= 0.6 is 0 Å². The third-order valence-corrected chi connectivity index (χ3v) is 4.02. The smallest absolute Gasteiger partial charge is 0.242 e. The number of benzene rings is 1. The summed E-state index contributed by atoms with van der Waals surface area (Å²) in [5.41, 5.74) is 1.94. The lowest BCUT2D eigenvalue weighted by atomic mass is 10.0. The summed E-state index contributed by atoms with van der Waals surface area (Å²) in [4.78, 5) is 38.7. The maximum absolute atomic E-state index is 12.5. The molecular weight excluding hydrogens is 332 g/mol. The van der Waals surface area contributed by atoms with Crippen molar-refractivity contribution < 1.29 is 14.4 Å². The number of rotatable bonds is 9. The first kappa shape index (κ1) is 19.5. The molecule has 1 heterocycles. The van der Waals surface area contributed by atoms with Crippen LogP contribution in [0.3, 0.4) is 0 Å². The van der Waals surface area contributed by atoms with Gasteiger partial charge in [0.05, 0.1) is 0 Å². The lowest BCUT2D eigenvalue weighted by molar-refractivity contribution is -0.128. The second-order valence-corrected chi connectivity index (χ2v) is 6.21. The molecule has 1 atom stereocenters. The molecule has 0 radical (unpaired) electrons. The average Bonchev–Trinajstić information content (AvgIpc) is 3.02. The lowest BCUT2D eigenvalue weighted by Crippen LogP contribution is -2.48. The molecule has 0 aliphatic carbocycles. The van der Waals surface area contributed by atoms with Crippen molar-refractivity contribution in [2.24, 2.45) is 0 Å². The molecule has 0 aliphatic rings. The van der Waals surface area contributed by atoms with Crippen molar-refractivity contribution in [3.8, 4) is 0 Å².